The number of carbonyl (C=O) groups is 6. The Bertz CT molecular complexity index is 2430. The molecule has 4 aromatic rings. The van der Waals surface area contributed by atoms with Gasteiger partial charge in [-0.25, -0.2) is 39.5 Å². The van der Waals surface area contributed by atoms with E-state index in [0.29, 0.717) is 16.8 Å². The number of ether oxygens (including phenoxy) is 6. The molecule has 10 N–H and O–H groups in total. The van der Waals surface area contributed by atoms with Gasteiger partial charge in [0.2, 0.25) is 25.4 Å². The molecule has 73 heavy (non-hydrogen) atoms. The van der Waals surface area contributed by atoms with Gasteiger partial charge < -0.3 is 84.2 Å². The Morgan fingerprint density at radius 3 is 1.33 bits per heavy atom. The molecule has 33 nitrogen and oxygen atoms in total. The molecule has 2 amide bonds. The summed E-state index contributed by atoms with van der Waals surface area (Å²) >= 11 is 0. The van der Waals surface area contributed by atoms with Crippen LogP contribution in [0.15, 0.2) is 25.3 Å². The van der Waals surface area contributed by atoms with E-state index in [2.05, 4.69) is 40.5 Å². The number of aliphatic hydroxyl groups is 1. The summed E-state index contributed by atoms with van der Waals surface area (Å²) in [7, 11) is -7.41. The second-order valence-electron chi connectivity index (χ2n) is 14.6. The number of carboxylic acid groups (broad SMARTS) is 2. The maximum atomic E-state index is 13.2. The first kappa shape index (κ1) is 69.7. The third kappa shape index (κ3) is 27.5. The van der Waals surface area contributed by atoms with Gasteiger partial charge in [-0.2, -0.15) is 0 Å². The first-order chi connectivity index (χ1) is 32.9. The van der Waals surface area contributed by atoms with Crippen molar-refractivity contribution >= 4 is 85.2 Å². The number of amides is 2. The number of carboxylic acids is 2. The molecule has 0 saturated carbocycles. The summed E-state index contributed by atoms with van der Waals surface area (Å²) in [6, 6.07) is 0. The molecule has 4 rings (SSSR count). The van der Waals surface area contributed by atoms with Gasteiger partial charge in [-0.15, -0.1) is 0 Å². The van der Waals surface area contributed by atoms with E-state index in [4.69, 9.17) is 62.6 Å². The van der Waals surface area contributed by atoms with E-state index in [-0.39, 0.29) is 96.4 Å². The fraction of sp³-hybridized carbons (Fsp3) is 0.568. The van der Waals surface area contributed by atoms with Gasteiger partial charge in [-0.1, -0.05) is 0 Å². The summed E-state index contributed by atoms with van der Waals surface area (Å²) < 4.78 is 67.3. The molecule has 0 spiro atoms. The Morgan fingerprint density at radius 1 is 0.616 bits per heavy atom. The number of aliphatic carboxylic acids is 2. The van der Waals surface area contributed by atoms with Crippen LogP contribution in [0.4, 0.5) is 21.2 Å². The van der Waals surface area contributed by atoms with Crippen LogP contribution >= 0.6 is 15.2 Å². The number of hydrogen-bond acceptors (Lipinski definition) is 24. The zero-order valence-electron chi connectivity index (χ0n) is 40.9. The van der Waals surface area contributed by atoms with Crippen molar-refractivity contribution in [3.8, 4) is 0 Å². The van der Waals surface area contributed by atoms with Crippen molar-refractivity contribution in [3.63, 3.8) is 0 Å². The number of aliphatic hydroxyl groups excluding tert-OH is 1. The molecule has 0 aromatic carbocycles. The molecular weight excluding hydrogens is 1040 g/mol. The number of fused-ring (bicyclic) bond motifs is 2. The largest absolute Gasteiger partial charge is 1.00 e. The van der Waals surface area contributed by atoms with Gasteiger partial charge in [0.05, 0.1) is 63.0 Å². The van der Waals surface area contributed by atoms with Gasteiger partial charge in [-0.3, -0.25) is 37.4 Å². The van der Waals surface area contributed by atoms with E-state index in [0.717, 1.165) is 7.11 Å². The van der Waals surface area contributed by atoms with Crippen LogP contribution in [0.25, 0.3) is 22.3 Å². The standard InChI is InChI=1S/C23H34N5O13P.C13H18N5O7P.CH4O.Na.2H2O/c1-14(2)40-22(32)35-11-38-42(34,39-12-36-23(33)41-15(3)4)13-37-16(5)8-28-10-26-19-20(24-9-25-21(19)28)27-17(29)6-7-18(30)31;1-8(25-7-26(22,23)24)4-18-6-16-11-12(14-5-15-13(11)18)17-9(19)2-3-10(20)21;1-2;;;/h9-10,14-16H,6-8,11-13H2,1-5H3,(H,30,31)(H,24,25,27,29);5-6,8H,2-4,7H2,1H3,(H,20,21)(H2,22,23,24)(H,14,15,17,19);2H,1H3;;2*1H2/q;;;+1;;/p-1/t16-;8-;;;;/m11..../s1. The van der Waals surface area contributed by atoms with Crippen molar-refractivity contribution in [3.05, 3.63) is 25.3 Å². The van der Waals surface area contributed by atoms with E-state index in [1.807, 2.05) is 0 Å². The van der Waals surface area contributed by atoms with Crippen molar-refractivity contribution in [2.24, 2.45) is 0 Å². The zero-order chi connectivity index (χ0) is 52.6. The monoisotopic (exact) mass is 1100 g/mol. The first-order valence-electron chi connectivity index (χ1n) is 20.6. The first-order valence-corrected chi connectivity index (χ1v) is 24.1. The van der Waals surface area contributed by atoms with Crippen LogP contribution < -0.4 is 40.2 Å². The molecule has 4 heterocycles. The summed E-state index contributed by atoms with van der Waals surface area (Å²) in [6.45, 7) is 8.44. The Balaban J connectivity index is 0. The fourth-order valence-corrected chi connectivity index (χ4v) is 6.55. The van der Waals surface area contributed by atoms with Crippen molar-refractivity contribution < 1.29 is 141 Å². The molecule has 0 unspecified atom stereocenters. The van der Waals surface area contributed by atoms with E-state index in [1.165, 1.54) is 25.3 Å². The normalized spacial score (nSPS) is 11.7. The van der Waals surface area contributed by atoms with Gasteiger partial charge in [0.1, 0.15) is 25.4 Å². The number of nitrogens with one attached hydrogen (secondary N) is 2. The van der Waals surface area contributed by atoms with Crippen LogP contribution in [0.1, 0.15) is 67.2 Å². The van der Waals surface area contributed by atoms with E-state index in [1.54, 1.807) is 50.7 Å². The van der Waals surface area contributed by atoms with E-state index >= 15 is 0 Å². The minimum atomic E-state index is -4.26. The quantitative estimate of drug-likeness (QED) is 0.0172. The van der Waals surface area contributed by atoms with Gasteiger partial charge in [0.15, 0.2) is 34.0 Å². The van der Waals surface area contributed by atoms with Crippen LogP contribution in [0.5, 0.6) is 0 Å². The fourth-order valence-electron chi connectivity index (χ4n) is 5.02. The Labute approximate surface area is 437 Å². The summed E-state index contributed by atoms with van der Waals surface area (Å²) in [5.74, 6) is -3.02. The number of rotatable bonds is 26. The van der Waals surface area contributed by atoms with Crippen LogP contribution in [0, 0.1) is 0 Å². The smallest absolute Gasteiger partial charge is 0.870 e. The summed E-state index contributed by atoms with van der Waals surface area (Å²) in [4.78, 5) is 110. The van der Waals surface area contributed by atoms with Gasteiger partial charge in [-0.05, 0) is 41.5 Å². The molecule has 0 aliphatic heterocycles. The topological polar surface area (TPSA) is 484 Å². The number of hydrogen-bond donors (Lipinski definition) is 7. The number of aromatic nitrogens is 8. The summed E-state index contributed by atoms with van der Waals surface area (Å²) in [5.41, 5.74) is 1.28. The maximum Gasteiger partial charge on any atom is 1.00 e. The van der Waals surface area contributed by atoms with Gasteiger partial charge in [0, 0.05) is 20.0 Å². The molecule has 0 aliphatic rings. The van der Waals surface area contributed by atoms with Crippen LogP contribution in [0.2, 0.25) is 0 Å². The van der Waals surface area contributed by atoms with Gasteiger partial charge >= 0.3 is 69.0 Å². The third-order valence-electron chi connectivity index (χ3n) is 7.92. The third-order valence-corrected chi connectivity index (χ3v) is 9.87. The van der Waals surface area contributed by atoms with Crippen molar-refractivity contribution in [1.82, 2.24) is 39.0 Å². The predicted octanol–water partition coefficient (Wildman–Crippen LogP) is -0.962. The summed E-state index contributed by atoms with van der Waals surface area (Å²) in [5, 5.41) is 29.3. The number of imidazole rings is 2. The Morgan fingerprint density at radius 2 is 0.986 bits per heavy atom. The molecule has 0 bridgehead atoms. The average Bonchev–Trinajstić information content (AvgIpc) is 3.88. The van der Waals surface area contributed by atoms with Crippen molar-refractivity contribution in [2.45, 2.75) is 105 Å². The SMILES string of the molecule is CC(C)OC(=O)OCOP(=O)(CO[C@H](C)Cn1cnc2c(NC(=O)CCC(=O)O)ncnc21)OCOC(=O)OC(C)C.CO.C[C@H](Cn1cnc2c(NC(=O)CCC(=O)O)ncnc21)OCP(=O)(O)O.O.[Na+].[OH-]. The molecular formula is C37H59N10NaO23P2. The molecule has 406 valence electrons. The second kappa shape index (κ2) is 34.9. The maximum absolute atomic E-state index is 13.2. The van der Waals surface area contributed by atoms with Gasteiger partial charge in [0.25, 0.3) is 0 Å². The molecule has 0 aliphatic carbocycles. The molecule has 36 heteroatoms. The Kier molecular flexibility index (Phi) is 33.4. The summed E-state index contributed by atoms with van der Waals surface area (Å²) in [6.07, 6.45) is -1.37. The van der Waals surface area contributed by atoms with Crippen molar-refractivity contribution in [2.75, 3.05) is 44.0 Å². The number of nitrogens with zero attached hydrogens (tertiary/aromatic N) is 8. The number of anilines is 2. The minimum absolute atomic E-state index is 0. The van der Waals surface area contributed by atoms with Crippen LogP contribution in [0.3, 0.4) is 0 Å². The zero-order valence-corrected chi connectivity index (χ0v) is 44.7. The minimum Gasteiger partial charge on any atom is -0.870 e. The van der Waals surface area contributed by atoms with E-state index < -0.39 is 102 Å². The van der Waals surface area contributed by atoms with E-state index in [9.17, 15) is 37.9 Å². The Hall–Kier alpha value is -5.38. The average molecular weight is 1100 g/mol. The molecule has 4 aromatic heterocycles. The predicted molar refractivity (Wildman–Crippen MR) is 243 cm³/mol. The molecule has 0 saturated heterocycles. The number of carbonyl (C=O) groups excluding carboxylic acids is 4. The van der Waals surface area contributed by atoms with Crippen LogP contribution in [-0.2, 0) is 78.9 Å². The molecule has 2 atom stereocenters. The molecule has 0 fully saturated rings. The van der Waals surface area contributed by atoms with Crippen molar-refractivity contribution in [1.29, 1.82) is 0 Å². The molecule has 0 radical (unpaired) electrons. The second-order valence-corrected chi connectivity index (χ2v) is 18.2. The van der Waals surface area contributed by atoms with Crippen LogP contribution in [-0.4, -0.2) is 169 Å².